The van der Waals surface area contributed by atoms with E-state index in [1.807, 2.05) is 18.2 Å². The van der Waals surface area contributed by atoms with E-state index in [1.165, 1.54) is 0 Å². The summed E-state index contributed by atoms with van der Waals surface area (Å²) in [5.41, 5.74) is 0.669. The smallest absolute Gasteiger partial charge is 0.232 e. The van der Waals surface area contributed by atoms with E-state index < -0.39 is 0 Å². The average molecular weight is 344 g/mol. The Morgan fingerprint density at radius 1 is 0.905 bits per heavy atom. The van der Waals surface area contributed by atoms with Crippen LogP contribution in [0.4, 0.5) is 11.6 Å². The highest BCUT2D eigenvalue weighted by Gasteiger charge is 2.05. The second-order valence-electron chi connectivity index (χ2n) is 3.57. The van der Waals surface area contributed by atoms with Gasteiger partial charge >= 0.3 is 0 Å². The van der Waals surface area contributed by atoms with Gasteiger partial charge in [0.05, 0.1) is 10.7 Å². The van der Waals surface area contributed by atoms with E-state index in [0.717, 1.165) is 0 Å². The number of benzene rings is 1. The summed E-state index contributed by atoms with van der Waals surface area (Å²) in [5, 5.41) is 9.70. The highest BCUT2D eigenvalue weighted by Crippen LogP contribution is 2.23. The first-order valence-corrected chi connectivity index (χ1v) is 6.81. The molecule has 0 saturated heterocycles. The molecule has 2 heterocycles. The fraction of sp³-hybridized carbons (Fsp3) is 0. The van der Waals surface area contributed by atoms with E-state index in [4.69, 9.17) is 34.8 Å². The van der Waals surface area contributed by atoms with Crippen molar-refractivity contribution in [2.75, 3.05) is 5.32 Å². The van der Waals surface area contributed by atoms with Crippen LogP contribution in [0.1, 0.15) is 0 Å². The van der Waals surface area contributed by atoms with Crippen molar-refractivity contribution in [3.05, 3.63) is 58.3 Å². The highest BCUT2D eigenvalue weighted by molar-refractivity contribution is 6.33. The Bertz CT molecular complexity index is 652. The van der Waals surface area contributed by atoms with Gasteiger partial charge in [0.25, 0.3) is 0 Å². The van der Waals surface area contributed by atoms with Crippen molar-refractivity contribution in [2.24, 2.45) is 0 Å². The largest absolute Gasteiger partial charge is 0.323 e. The van der Waals surface area contributed by atoms with Gasteiger partial charge in [-0.05, 0) is 41.4 Å². The van der Waals surface area contributed by atoms with Crippen LogP contribution >= 0.6 is 34.8 Å². The number of hydrogen-bond acceptors (Lipinski definition) is 5. The van der Waals surface area contributed by atoms with Gasteiger partial charge < -0.3 is 5.32 Å². The molecule has 1 aromatic carbocycles. The Kier molecular flexibility index (Phi) is 5.74. The number of aromatic nitrogens is 5. The van der Waals surface area contributed by atoms with E-state index in [0.29, 0.717) is 10.7 Å². The maximum atomic E-state index is 5.95. The van der Waals surface area contributed by atoms with Crippen LogP contribution in [0.2, 0.25) is 15.6 Å². The van der Waals surface area contributed by atoms with Crippen molar-refractivity contribution in [3.63, 3.8) is 0 Å². The number of rotatable bonds is 2. The summed E-state index contributed by atoms with van der Waals surface area (Å²) >= 11 is 17.2. The molecule has 0 aliphatic carbocycles. The molecule has 21 heavy (non-hydrogen) atoms. The van der Waals surface area contributed by atoms with Gasteiger partial charge in [-0.15, -0.1) is 0 Å². The summed E-state index contributed by atoms with van der Waals surface area (Å²) in [5.74, 6) is 0.248. The molecule has 2 aromatic heterocycles. The van der Waals surface area contributed by atoms with Gasteiger partial charge in [-0.25, -0.2) is 0 Å². The molecule has 0 atom stereocenters. The SMILES string of the molecule is Clc1nc(Cl)nc(Nc2ccccc2Cl)n1.c1cn[nH]c1. The molecular formula is C12H9Cl3N6. The number of nitrogens with zero attached hydrogens (tertiary/aromatic N) is 4. The molecule has 0 unspecified atom stereocenters. The van der Waals surface area contributed by atoms with Crippen molar-refractivity contribution in [1.29, 1.82) is 0 Å². The molecule has 2 N–H and O–H groups in total. The topological polar surface area (TPSA) is 79.4 Å². The summed E-state index contributed by atoms with van der Waals surface area (Å²) in [6.07, 6.45) is 3.46. The van der Waals surface area contributed by atoms with Crippen molar-refractivity contribution >= 4 is 46.4 Å². The number of anilines is 2. The first-order valence-electron chi connectivity index (χ1n) is 5.67. The zero-order valence-corrected chi connectivity index (χ0v) is 12.7. The molecule has 0 bridgehead atoms. The minimum atomic E-state index is 0.0227. The first-order chi connectivity index (χ1) is 10.1. The molecule has 3 aromatic rings. The molecular weight excluding hydrogens is 335 g/mol. The van der Waals surface area contributed by atoms with Crippen LogP contribution in [0.25, 0.3) is 0 Å². The van der Waals surface area contributed by atoms with Crippen LogP contribution in [0.15, 0.2) is 42.7 Å². The Morgan fingerprint density at radius 3 is 2.14 bits per heavy atom. The summed E-state index contributed by atoms with van der Waals surface area (Å²) in [6, 6.07) is 9.02. The lowest BCUT2D eigenvalue weighted by Crippen LogP contribution is -1.99. The Balaban J connectivity index is 0.000000272. The molecule has 6 nitrogen and oxygen atoms in total. The van der Waals surface area contributed by atoms with E-state index in [1.54, 1.807) is 24.5 Å². The van der Waals surface area contributed by atoms with Gasteiger partial charge in [0.1, 0.15) is 0 Å². The van der Waals surface area contributed by atoms with Crippen LogP contribution in [-0.4, -0.2) is 25.1 Å². The van der Waals surface area contributed by atoms with Crippen molar-refractivity contribution < 1.29 is 0 Å². The van der Waals surface area contributed by atoms with Crippen LogP contribution in [-0.2, 0) is 0 Å². The van der Waals surface area contributed by atoms with Crippen LogP contribution < -0.4 is 5.32 Å². The molecule has 108 valence electrons. The second kappa shape index (κ2) is 7.78. The third-order valence-electron chi connectivity index (χ3n) is 2.11. The van der Waals surface area contributed by atoms with E-state index in [2.05, 4.69) is 30.5 Å². The summed E-state index contributed by atoms with van der Waals surface area (Å²) in [4.78, 5) is 11.4. The molecule has 0 aliphatic heterocycles. The number of halogens is 3. The van der Waals surface area contributed by atoms with Crippen molar-refractivity contribution in [2.45, 2.75) is 0 Å². The molecule has 0 radical (unpaired) electrons. The fourth-order valence-corrected chi connectivity index (χ4v) is 1.83. The predicted molar refractivity (Wildman–Crippen MR) is 83.2 cm³/mol. The summed E-state index contributed by atoms with van der Waals surface area (Å²) in [6.45, 7) is 0. The summed E-state index contributed by atoms with van der Waals surface area (Å²) in [7, 11) is 0. The Morgan fingerprint density at radius 2 is 1.62 bits per heavy atom. The maximum absolute atomic E-state index is 5.95. The maximum Gasteiger partial charge on any atom is 0.232 e. The quantitative estimate of drug-likeness (QED) is 0.735. The molecule has 0 spiro atoms. The standard InChI is InChI=1S/C9H5Cl3N4.C3H4N2/c10-5-3-1-2-4-6(5)13-9-15-7(11)14-8(12)16-9;1-2-4-5-3-1/h1-4H,(H,13,14,15,16);1-3H,(H,4,5). The molecule has 9 heteroatoms. The second-order valence-corrected chi connectivity index (χ2v) is 4.65. The number of nitrogens with one attached hydrogen (secondary N) is 2. The zero-order valence-electron chi connectivity index (χ0n) is 10.5. The lowest BCUT2D eigenvalue weighted by atomic mass is 10.3. The zero-order chi connectivity index (χ0) is 15.1. The lowest BCUT2D eigenvalue weighted by molar-refractivity contribution is 1.05. The number of H-pyrrole nitrogens is 1. The highest BCUT2D eigenvalue weighted by atomic mass is 35.5. The number of aromatic amines is 1. The van der Waals surface area contributed by atoms with Gasteiger partial charge in [0.15, 0.2) is 0 Å². The first kappa shape index (κ1) is 15.5. The molecule has 0 amide bonds. The van der Waals surface area contributed by atoms with Crippen LogP contribution in [0.3, 0.4) is 0 Å². The number of para-hydroxylation sites is 1. The average Bonchev–Trinajstić information content (AvgIpc) is 2.99. The molecule has 3 rings (SSSR count). The lowest BCUT2D eigenvalue weighted by Gasteiger charge is -2.06. The van der Waals surface area contributed by atoms with E-state index in [-0.39, 0.29) is 16.5 Å². The third kappa shape index (κ3) is 5.18. The third-order valence-corrected chi connectivity index (χ3v) is 2.77. The minimum absolute atomic E-state index is 0.0227. The monoisotopic (exact) mass is 342 g/mol. The normalized spacial score (nSPS) is 9.67. The predicted octanol–water partition coefficient (Wildman–Crippen LogP) is 3.99. The molecule has 0 saturated carbocycles. The summed E-state index contributed by atoms with van der Waals surface area (Å²) < 4.78 is 0. The van der Waals surface area contributed by atoms with Gasteiger partial charge in [0.2, 0.25) is 16.5 Å². The van der Waals surface area contributed by atoms with Gasteiger partial charge in [-0.1, -0.05) is 23.7 Å². The van der Waals surface area contributed by atoms with Gasteiger partial charge in [-0.2, -0.15) is 20.1 Å². The van der Waals surface area contributed by atoms with E-state index in [9.17, 15) is 0 Å². The molecule has 0 aliphatic rings. The molecule has 0 fully saturated rings. The van der Waals surface area contributed by atoms with Crippen molar-refractivity contribution in [1.82, 2.24) is 25.1 Å². The number of hydrogen-bond donors (Lipinski definition) is 2. The van der Waals surface area contributed by atoms with Crippen LogP contribution in [0, 0.1) is 0 Å². The fourth-order valence-electron chi connectivity index (χ4n) is 1.28. The minimum Gasteiger partial charge on any atom is -0.323 e. The Hall–Kier alpha value is -1.89. The van der Waals surface area contributed by atoms with E-state index >= 15 is 0 Å². The Labute approximate surface area is 135 Å². The van der Waals surface area contributed by atoms with Crippen LogP contribution in [0.5, 0.6) is 0 Å². The van der Waals surface area contributed by atoms with Gasteiger partial charge in [-0.3, -0.25) is 5.10 Å². The van der Waals surface area contributed by atoms with Crippen molar-refractivity contribution in [3.8, 4) is 0 Å². The van der Waals surface area contributed by atoms with Gasteiger partial charge in [0, 0.05) is 12.4 Å².